The van der Waals surface area contributed by atoms with Gasteiger partial charge in [-0.05, 0) is 70.9 Å². The van der Waals surface area contributed by atoms with Gasteiger partial charge in [0.25, 0.3) is 5.91 Å². The number of rotatable bonds is 9. The molecule has 0 aliphatic carbocycles. The molecule has 8 nitrogen and oxygen atoms in total. The molecule has 4 rings (SSSR count). The van der Waals surface area contributed by atoms with E-state index in [-0.39, 0.29) is 12.5 Å². The minimum Gasteiger partial charge on any atom is -0.481 e. The number of amides is 1. The Morgan fingerprint density at radius 3 is 2.54 bits per heavy atom. The zero-order valence-corrected chi connectivity index (χ0v) is 22.4. The number of aromatic nitrogens is 1. The summed E-state index contributed by atoms with van der Waals surface area (Å²) >= 11 is 4.91. The van der Waals surface area contributed by atoms with Crippen molar-refractivity contribution in [3.05, 3.63) is 93.3 Å². The summed E-state index contributed by atoms with van der Waals surface area (Å²) in [5, 5.41) is 10.1. The van der Waals surface area contributed by atoms with Crippen molar-refractivity contribution in [2.24, 2.45) is 5.10 Å². The van der Waals surface area contributed by atoms with Crippen LogP contribution in [0.5, 0.6) is 5.75 Å². The molecule has 37 heavy (non-hydrogen) atoms. The van der Waals surface area contributed by atoms with Gasteiger partial charge in [-0.2, -0.15) is 5.10 Å². The van der Waals surface area contributed by atoms with Crippen molar-refractivity contribution in [2.45, 2.75) is 6.92 Å². The number of esters is 1. The molecule has 0 bridgehead atoms. The van der Waals surface area contributed by atoms with Crippen LogP contribution in [0, 0.1) is 6.92 Å². The third-order valence-electron chi connectivity index (χ3n) is 5.16. The van der Waals surface area contributed by atoms with E-state index < -0.39 is 5.97 Å². The molecule has 0 spiro atoms. The molecule has 3 aromatic carbocycles. The van der Waals surface area contributed by atoms with Crippen LogP contribution in [0.2, 0.25) is 0 Å². The first kappa shape index (κ1) is 26.1. The van der Waals surface area contributed by atoms with Crippen LogP contribution >= 0.6 is 27.3 Å². The Morgan fingerprint density at radius 1 is 1.08 bits per heavy atom. The highest BCUT2D eigenvalue weighted by molar-refractivity contribution is 9.10. The van der Waals surface area contributed by atoms with Crippen LogP contribution in [0.1, 0.15) is 21.5 Å². The summed E-state index contributed by atoms with van der Waals surface area (Å²) in [6.45, 7) is 1.86. The van der Waals surface area contributed by atoms with Crippen molar-refractivity contribution in [3.8, 4) is 17.0 Å². The van der Waals surface area contributed by atoms with Crippen LogP contribution < -0.4 is 15.5 Å². The molecule has 0 saturated carbocycles. The number of anilines is 2. The van der Waals surface area contributed by atoms with Gasteiger partial charge in [-0.25, -0.2) is 15.2 Å². The monoisotopic (exact) mass is 578 g/mol. The number of aryl methyl sites for hydroxylation is 1. The molecule has 0 atom stereocenters. The summed E-state index contributed by atoms with van der Waals surface area (Å²) < 4.78 is 10.6. The normalized spacial score (nSPS) is 10.8. The van der Waals surface area contributed by atoms with Crippen molar-refractivity contribution in [3.63, 3.8) is 0 Å². The first-order valence-electron chi connectivity index (χ1n) is 11.1. The lowest BCUT2D eigenvalue weighted by Gasteiger charge is -2.07. The van der Waals surface area contributed by atoms with E-state index in [1.54, 1.807) is 30.3 Å². The minimum atomic E-state index is -0.472. The van der Waals surface area contributed by atoms with Gasteiger partial charge in [-0.1, -0.05) is 29.8 Å². The number of carbonyl (C=O) groups excluding carboxylic acids is 2. The second kappa shape index (κ2) is 12.3. The topological polar surface area (TPSA) is 102 Å². The first-order valence-corrected chi connectivity index (χ1v) is 12.8. The molecule has 1 aromatic heterocycles. The van der Waals surface area contributed by atoms with Crippen molar-refractivity contribution < 1.29 is 19.1 Å². The molecule has 0 radical (unpaired) electrons. The lowest BCUT2D eigenvalue weighted by Crippen LogP contribution is -2.17. The van der Waals surface area contributed by atoms with Crippen LogP contribution in [-0.2, 0) is 9.53 Å². The fourth-order valence-electron chi connectivity index (χ4n) is 3.16. The number of nitrogens with zero attached hydrogens (tertiary/aromatic N) is 2. The number of nitrogens with one attached hydrogen (secondary N) is 2. The van der Waals surface area contributed by atoms with E-state index in [1.165, 1.54) is 30.2 Å². The number of ether oxygens (including phenoxy) is 2. The zero-order chi connectivity index (χ0) is 26.2. The Morgan fingerprint density at radius 2 is 1.84 bits per heavy atom. The van der Waals surface area contributed by atoms with E-state index >= 15 is 0 Å². The summed E-state index contributed by atoms with van der Waals surface area (Å²) in [7, 11) is 1.30. The molecule has 0 aliphatic rings. The molecule has 0 fully saturated rings. The SMILES string of the molecule is COC(=O)COc1ccc(/C=N\NC(=O)c2ccc(-c3csc(Nc4ccc(C)cc4)n3)cc2)cc1Br. The van der Waals surface area contributed by atoms with Crippen molar-refractivity contribution >= 4 is 56.2 Å². The number of hydrazone groups is 1. The van der Waals surface area contributed by atoms with E-state index in [0.717, 1.165) is 27.6 Å². The molecule has 188 valence electrons. The van der Waals surface area contributed by atoms with Crippen molar-refractivity contribution in [1.82, 2.24) is 10.4 Å². The molecule has 2 N–H and O–H groups in total. The van der Waals surface area contributed by atoms with E-state index in [1.807, 2.05) is 48.7 Å². The highest BCUT2D eigenvalue weighted by Crippen LogP contribution is 2.28. The number of hydrogen-bond donors (Lipinski definition) is 2. The Kier molecular flexibility index (Phi) is 8.65. The van der Waals surface area contributed by atoms with Crippen molar-refractivity contribution in [2.75, 3.05) is 19.0 Å². The smallest absolute Gasteiger partial charge is 0.343 e. The quantitative estimate of drug-likeness (QED) is 0.145. The predicted molar refractivity (Wildman–Crippen MR) is 149 cm³/mol. The van der Waals surface area contributed by atoms with Gasteiger partial charge in [0, 0.05) is 22.2 Å². The number of thiazole rings is 1. The van der Waals surface area contributed by atoms with Crippen LogP contribution in [0.3, 0.4) is 0 Å². The summed E-state index contributed by atoms with van der Waals surface area (Å²) in [5.41, 5.74) is 7.64. The van der Waals surface area contributed by atoms with E-state index in [4.69, 9.17) is 4.74 Å². The second-order valence-corrected chi connectivity index (χ2v) is 9.57. The maximum atomic E-state index is 12.5. The van der Waals surface area contributed by atoms with Crippen LogP contribution in [0.15, 0.2) is 81.7 Å². The van der Waals surface area contributed by atoms with Gasteiger partial charge in [0.05, 0.1) is 23.5 Å². The lowest BCUT2D eigenvalue weighted by molar-refractivity contribution is -0.142. The number of halogens is 1. The average Bonchev–Trinajstić information content (AvgIpc) is 3.38. The van der Waals surface area contributed by atoms with E-state index in [0.29, 0.717) is 15.8 Å². The van der Waals surface area contributed by atoms with Gasteiger partial charge < -0.3 is 14.8 Å². The molecule has 1 amide bonds. The second-order valence-electron chi connectivity index (χ2n) is 7.86. The van der Waals surface area contributed by atoms with Gasteiger partial charge in [0.1, 0.15) is 5.75 Å². The van der Waals surface area contributed by atoms with Crippen LogP contribution in [0.25, 0.3) is 11.3 Å². The Hall–Kier alpha value is -4.02. The maximum Gasteiger partial charge on any atom is 0.343 e. The molecular weight excluding hydrogens is 556 g/mol. The number of benzene rings is 3. The highest BCUT2D eigenvalue weighted by Gasteiger charge is 2.09. The van der Waals surface area contributed by atoms with Crippen LogP contribution in [0.4, 0.5) is 10.8 Å². The molecule has 10 heteroatoms. The number of methoxy groups -OCH3 is 1. The molecule has 1 heterocycles. The molecule has 0 unspecified atom stereocenters. The lowest BCUT2D eigenvalue weighted by atomic mass is 10.1. The fourth-order valence-corrected chi connectivity index (χ4v) is 4.41. The van der Waals surface area contributed by atoms with Gasteiger partial charge in [0.15, 0.2) is 11.7 Å². The average molecular weight is 579 g/mol. The zero-order valence-electron chi connectivity index (χ0n) is 20.0. The van der Waals surface area contributed by atoms with E-state index in [9.17, 15) is 9.59 Å². The Labute approximate surface area is 226 Å². The maximum absolute atomic E-state index is 12.5. The fraction of sp³-hybridized carbons (Fsp3) is 0.111. The van der Waals surface area contributed by atoms with Crippen molar-refractivity contribution in [1.29, 1.82) is 0 Å². The summed E-state index contributed by atoms with van der Waals surface area (Å²) in [4.78, 5) is 28.4. The Balaban J connectivity index is 1.32. The first-order chi connectivity index (χ1) is 17.9. The van der Waals surface area contributed by atoms with Gasteiger partial charge in [-0.3, -0.25) is 4.79 Å². The standard InChI is InChI=1S/C27H23BrN4O4S/c1-17-3-10-21(11-4-17)30-27-31-23(16-37-27)19-6-8-20(9-7-19)26(34)32-29-14-18-5-12-24(22(28)13-18)36-15-25(33)35-2/h3-14,16H,15H2,1-2H3,(H,30,31)(H,32,34)/b29-14-. The molecule has 4 aromatic rings. The highest BCUT2D eigenvalue weighted by atomic mass is 79.9. The largest absolute Gasteiger partial charge is 0.481 e. The van der Waals surface area contributed by atoms with Crippen LogP contribution in [-0.4, -0.2) is 36.8 Å². The summed E-state index contributed by atoms with van der Waals surface area (Å²) in [5.74, 6) is -0.315. The Bertz CT molecular complexity index is 1420. The summed E-state index contributed by atoms with van der Waals surface area (Å²) in [6.07, 6.45) is 1.51. The van der Waals surface area contributed by atoms with E-state index in [2.05, 4.69) is 41.5 Å². The molecular formula is C27H23BrN4O4S. The van der Waals surface area contributed by atoms with Gasteiger partial charge in [0.2, 0.25) is 0 Å². The summed E-state index contributed by atoms with van der Waals surface area (Å²) in [6, 6.07) is 20.5. The number of carbonyl (C=O) groups is 2. The predicted octanol–water partition coefficient (Wildman–Crippen LogP) is 5.94. The third kappa shape index (κ3) is 7.25. The molecule has 0 aliphatic heterocycles. The number of hydrogen-bond acceptors (Lipinski definition) is 8. The van der Waals surface area contributed by atoms with Gasteiger partial charge >= 0.3 is 5.97 Å². The van der Waals surface area contributed by atoms with Gasteiger partial charge in [-0.15, -0.1) is 11.3 Å². The minimum absolute atomic E-state index is 0.189. The molecule has 0 saturated heterocycles. The third-order valence-corrected chi connectivity index (χ3v) is 6.54.